The number of carbonyl (C=O) groups is 2. The van der Waals surface area contributed by atoms with Crippen LogP contribution in [0.4, 0.5) is 0 Å². The second-order valence-electron chi connectivity index (χ2n) is 3.59. The van der Waals surface area contributed by atoms with E-state index in [2.05, 4.69) is 0 Å². The molecule has 0 saturated carbocycles. The van der Waals surface area contributed by atoms with Gasteiger partial charge in [0.15, 0.2) is 0 Å². The van der Waals surface area contributed by atoms with Crippen LogP contribution in [0.3, 0.4) is 0 Å². The van der Waals surface area contributed by atoms with E-state index >= 15 is 0 Å². The molecule has 1 aromatic heterocycles. The summed E-state index contributed by atoms with van der Waals surface area (Å²) >= 11 is 0. The molecule has 0 unspecified atom stereocenters. The summed E-state index contributed by atoms with van der Waals surface area (Å²) in [5.41, 5.74) is 0. The SMILES string of the molecule is Cc1ccc(COC(=O)CCCCC=O)o1. The average molecular weight is 224 g/mol. The van der Waals surface area contributed by atoms with Gasteiger partial charge in [-0.2, -0.15) is 0 Å². The Balaban J connectivity index is 2.12. The molecule has 0 spiro atoms. The third-order valence-electron chi connectivity index (χ3n) is 2.12. The van der Waals surface area contributed by atoms with Crippen LogP contribution in [0, 0.1) is 6.92 Å². The van der Waals surface area contributed by atoms with Crippen molar-refractivity contribution in [1.29, 1.82) is 0 Å². The van der Waals surface area contributed by atoms with Crippen molar-refractivity contribution in [3.63, 3.8) is 0 Å². The summed E-state index contributed by atoms with van der Waals surface area (Å²) in [6.45, 7) is 2.02. The monoisotopic (exact) mass is 224 g/mol. The second-order valence-corrected chi connectivity index (χ2v) is 3.59. The van der Waals surface area contributed by atoms with Crippen molar-refractivity contribution < 1.29 is 18.7 Å². The van der Waals surface area contributed by atoms with E-state index in [0.29, 0.717) is 25.0 Å². The van der Waals surface area contributed by atoms with Gasteiger partial charge in [-0.05, 0) is 31.9 Å². The molecule has 0 radical (unpaired) electrons. The number of unbranched alkanes of at least 4 members (excludes halogenated alkanes) is 2. The number of rotatable bonds is 7. The van der Waals surface area contributed by atoms with Crippen LogP contribution >= 0.6 is 0 Å². The molecular weight excluding hydrogens is 208 g/mol. The Bertz CT molecular complexity index is 341. The number of hydrogen-bond acceptors (Lipinski definition) is 4. The van der Waals surface area contributed by atoms with E-state index in [1.165, 1.54) is 0 Å². The predicted molar refractivity (Wildman–Crippen MR) is 57.8 cm³/mol. The Morgan fingerprint density at radius 3 is 2.88 bits per heavy atom. The van der Waals surface area contributed by atoms with Gasteiger partial charge in [0.05, 0.1) is 0 Å². The van der Waals surface area contributed by atoms with Crippen molar-refractivity contribution in [2.75, 3.05) is 0 Å². The lowest BCUT2D eigenvalue weighted by atomic mass is 10.2. The fraction of sp³-hybridized carbons (Fsp3) is 0.500. The predicted octanol–water partition coefficient (Wildman–Crippen LogP) is 2.39. The summed E-state index contributed by atoms with van der Waals surface area (Å²) in [5, 5.41) is 0. The molecule has 4 nitrogen and oxygen atoms in total. The van der Waals surface area contributed by atoms with Crippen LogP contribution in [0.2, 0.25) is 0 Å². The topological polar surface area (TPSA) is 56.5 Å². The molecule has 0 aliphatic carbocycles. The molecule has 1 heterocycles. The van der Waals surface area contributed by atoms with Gasteiger partial charge < -0.3 is 13.9 Å². The van der Waals surface area contributed by atoms with Crippen molar-refractivity contribution in [2.45, 2.75) is 39.2 Å². The first-order chi connectivity index (χ1) is 7.72. The van der Waals surface area contributed by atoms with Crippen molar-refractivity contribution in [3.8, 4) is 0 Å². The molecule has 0 aromatic carbocycles. The summed E-state index contributed by atoms with van der Waals surface area (Å²) in [5.74, 6) is 1.20. The van der Waals surface area contributed by atoms with Crippen molar-refractivity contribution >= 4 is 12.3 Å². The Labute approximate surface area is 94.6 Å². The first kappa shape index (κ1) is 12.5. The zero-order valence-corrected chi connectivity index (χ0v) is 9.40. The van der Waals surface area contributed by atoms with Crippen LogP contribution in [0.15, 0.2) is 16.5 Å². The summed E-state index contributed by atoms with van der Waals surface area (Å²) in [6, 6.07) is 3.61. The van der Waals surface area contributed by atoms with E-state index in [1.807, 2.05) is 13.0 Å². The number of aldehydes is 1. The lowest BCUT2D eigenvalue weighted by molar-refractivity contribution is -0.145. The highest BCUT2D eigenvalue weighted by atomic mass is 16.5. The molecule has 0 amide bonds. The lowest BCUT2D eigenvalue weighted by Crippen LogP contribution is -2.03. The first-order valence-corrected chi connectivity index (χ1v) is 5.37. The molecule has 0 saturated heterocycles. The van der Waals surface area contributed by atoms with Crippen LogP contribution in [-0.4, -0.2) is 12.3 Å². The Kier molecular flexibility index (Phi) is 5.32. The smallest absolute Gasteiger partial charge is 0.306 e. The van der Waals surface area contributed by atoms with Gasteiger partial charge in [-0.25, -0.2) is 0 Å². The highest BCUT2D eigenvalue weighted by Gasteiger charge is 2.05. The second kappa shape index (κ2) is 6.82. The number of furan rings is 1. The van der Waals surface area contributed by atoms with Gasteiger partial charge >= 0.3 is 5.97 Å². The molecule has 0 aliphatic heterocycles. The van der Waals surface area contributed by atoms with E-state index in [4.69, 9.17) is 9.15 Å². The summed E-state index contributed by atoms with van der Waals surface area (Å²) in [7, 11) is 0. The van der Waals surface area contributed by atoms with Crippen molar-refractivity contribution in [2.24, 2.45) is 0 Å². The van der Waals surface area contributed by atoms with E-state index in [0.717, 1.165) is 18.5 Å². The number of aryl methyl sites for hydroxylation is 1. The van der Waals surface area contributed by atoms with Crippen LogP contribution < -0.4 is 0 Å². The number of hydrogen-bond donors (Lipinski definition) is 0. The van der Waals surface area contributed by atoms with Gasteiger partial charge in [-0.1, -0.05) is 0 Å². The maximum atomic E-state index is 11.2. The van der Waals surface area contributed by atoms with Gasteiger partial charge in [-0.3, -0.25) is 4.79 Å². The molecule has 88 valence electrons. The lowest BCUT2D eigenvalue weighted by Gasteiger charge is -2.01. The normalized spacial score (nSPS) is 10.1. The fourth-order valence-electron chi connectivity index (χ4n) is 1.28. The number of esters is 1. The van der Waals surface area contributed by atoms with Crippen LogP contribution in [0.5, 0.6) is 0 Å². The molecule has 0 N–H and O–H groups in total. The molecule has 0 fully saturated rings. The zero-order valence-electron chi connectivity index (χ0n) is 9.40. The largest absolute Gasteiger partial charge is 0.463 e. The minimum Gasteiger partial charge on any atom is -0.463 e. The summed E-state index contributed by atoms with van der Waals surface area (Å²) in [4.78, 5) is 21.3. The molecule has 4 heteroatoms. The molecule has 1 aromatic rings. The zero-order chi connectivity index (χ0) is 11.8. The fourth-order valence-corrected chi connectivity index (χ4v) is 1.28. The van der Waals surface area contributed by atoms with Gasteiger partial charge in [0.25, 0.3) is 0 Å². The molecule has 1 rings (SSSR count). The minimum atomic E-state index is -0.250. The number of carbonyl (C=O) groups excluding carboxylic acids is 2. The quantitative estimate of drug-likeness (QED) is 0.405. The maximum Gasteiger partial charge on any atom is 0.306 e. The van der Waals surface area contributed by atoms with Crippen molar-refractivity contribution in [1.82, 2.24) is 0 Å². The summed E-state index contributed by atoms with van der Waals surface area (Å²) < 4.78 is 10.3. The van der Waals surface area contributed by atoms with E-state index in [9.17, 15) is 9.59 Å². The first-order valence-electron chi connectivity index (χ1n) is 5.37. The average Bonchev–Trinajstić information content (AvgIpc) is 2.68. The van der Waals surface area contributed by atoms with Gasteiger partial charge in [0.2, 0.25) is 0 Å². The third-order valence-corrected chi connectivity index (χ3v) is 2.12. The Hall–Kier alpha value is -1.58. The van der Waals surface area contributed by atoms with Crippen LogP contribution in [-0.2, 0) is 20.9 Å². The molecule has 0 bridgehead atoms. The Morgan fingerprint density at radius 2 is 2.25 bits per heavy atom. The highest BCUT2D eigenvalue weighted by Crippen LogP contribution is 2.08. The van der Waals surface area contributed by atoms with E-state index in [-0.39, 0.29) is 12.6 Å². The van der Waals surface area contributed by atoms with Gasteiger partial charge in [0.1, 0.15) is 24.4 Å². The van der Waals surface area contributed by atoms with E-state index in [1.54, 1.807) is 6.07 Å². The van der Waals surface area contributed by atoms with Crippen molar-refractivity contribution in [3.05, 3.63) is 23.7 Å². The Morgan fingerprint density at radius 1 is 1.44 bits per heavy atom. The van der Waals surface area contributed by atoms with Gasteiger partial charge in [0, 0.05) is 12.8 Å². The number of ether oxygens (including phenoxy) is 1. The van der Waals surface area contributed by atoms with Crippen LogP contribution in [0.25, 0.3) is 0 Å². The minimum absolute atomic E-state index is 0.181. The third kappa shape index (κ3) is 4.77. The van der Waals surface area contributed by atoms with Crippen LogP contribution in [0.1, 0.15) is 37.2 Å². The molecular formula is C12H16O4. The van der Waals surface area contributed by atoms with E-state index < -0.39 is 0 Å². The highest BCUT2D eigenvalue weighted by molar-refractivity contribution is 5.69. The van der Waals surface area contributed by atoms with Gasteiger partial charge in [-0.15, -0.1) is 0 Å². The summed E-state index contributed by atoms with van der Waals surface area (Å²) in [6.07, 6.45) is 3.14. The molecule has 0 atom stereocenters. The molecule has 0 aliphatic rings. The maximum absolute atomic E-state index is 11.2. The molecule has 16 heavy (non-hydrogen) atoms. The standard InChI is InChI=1S/C12H16O4/c1-10-6-7-11(16-10)9-15-12(14)5-3-2-4-8-13/h6-8H,2-5,9H2,1H3.